The number of urea groups is 1. The molecule has 6 nitrogen and oxygen atoms in total. The lowest BCUT2D eigenvalue weighted by Gasteiger charge is -2.36. The molecular weight excluding hydrogens is 316 g/mol. The molecule has 1 aromatic carbocycles. The Kier molecular flexibility index (Phi) is 5.72. The monoisotopic (exact) mass is 340 g/mol. The average Bonchev–Trinajstić information content (AvgIpc) is 2.69. The number of methoxy groups -OCH3 is 1. The summed E-state index contributed by atoms with van der Waals surface area (Å²) in [7, 11) is 1.67. The number of anilines is 1. The molecule has 2 heterocycles. The molecule has 1 aromatic heterocycles. The van der Waals surface area contributed by atoms with Crippen molar-refractivity contribution in [3.8, 4) is 5.75 Å². The van der Waals surface area contributed by atoms with Crippen LogP contribution in [0.3, 0.4) is 0 Å². The summed E-state index contributed by atoms with van der Waals surface area (Å²) in [5.74, 6) is 0.864. The van der Waals surface area contributed by atoms with E-state index in [0.717, 1.165) is 49.6 Å². The lowest BCUT2D eigenvalue weighted by Crippen LogP contribution is -2.52. The summed E-state index contributed by atoms with van der Waals surface area (Å²) >= 11 is 0. The lowest BCUT2D eigenvalue weighted by molar-refractivity contribution is 0.194. The van der Waals surface area contributed by atoms with Gasteiger partial charge in [0.1, 0.15) is 5.75 Å². The quantitative estimate of drug-likeness (QED) is 0.906. The van der Waals surface area contributed by atoms with Crippen molar-refractivity contribution in [1.82, 2.24) is 15.2 Å². The zero-order valence-electron chi connectivity index (χ0n) is 14.5. The minimum Gasteiger partial charge on any atom is -0.496 e. The summed E-state index contributed by atoms with van der Waals surface area (Å²) in [6, 6.07) is 11.9. The van der Waals surface area contributed by atoms with Crippen LogP contribution in [0.1, 0.15) is 5.56 Å². The third-order valence-electron chi connectivity index (χ3n) is 4.46. The second-order valence-corrected chi connectivity index (χ2v) is 5.97. The topological polar surface area (TPSA) is 57.7 Å². The number of amides is 2. The highest BCUT2D eigenvalue weighted by Crippen LogP contribution is 2.17. The normalized spacial score (nSPS) is 14.3. The second kappa shape index (κ2) is 8.37. The number of para-hydroxylation sites is 1. The zero-order chi connectivity index (χ0) is 17.5. The summed E-state index contributed by atoms with van der Waals surface area (Å²) < 4.78 is 5.34. The van der Waals surface area contributed by atoms with E-state index < -0.39 is 0 Å². The first-order chi connectivity index (χ1) is 12.3. The molecule has 3 rings (SSSR count). The van der Waals surface area contributed by atoms with Crippen LogP contribution in [0, 0.1) is 0 Å². The van der Waals surface area contributed by atoms with E-state index in [9.17, 15) is 4.79 Å². The van der Waals surface area contributed by atoms with Crippen LogP contribution in [0.15, 0.2) is 48.8 Å². The molecule has 2 amide bonds. The Hall–Kier alpha value is -2.76. The van der Waals surface area contributed by atoms with E-state index in [0.29, 0.717) is 6.54 Å². The van der Waals surface area contributed by atoms with Crippen LogP contribution in [0.25, 0.3) is 0 Å². The molecule has 2 aromatic rings. The first kappa shape index (κ1) is 17.1. The second-order valence-electron chi connectivity index (χ2n) is 5.97. The number of hydrogen-bond donors (Lipinski definition) is 1. The average molecular weight is 340 g/mol. The summed E-state index contributed by atoms with van der Waals surface area (Å²) in [5, 5.41) is 3.01. The number of nitrogens with one attached hydrogen (secondary N) is 1. The molecule has 1 fully saturated rings. The fourth-order valence-electron chi connectivity index (χ4n) is 3.05. The molecule has 1 aliphatic rings. The molecule has 0 unspecified atom stereocenters. The Bertz CT molecular complexity index is 685. The summed E-state index contributed by atoms with van der Waals surface area (Å²) in [4.78, 5) is 20.5. The van der Waals surface area contributed by atoms with Gasteiger partial charge in [0.15, 0.2) is 0 Å². The maximum atomic E-state index is 12.3. The molecule has 1 N–H and O–H groups in total. The van der Waals surface area contributed by atoms with E-state index in [1.54, 1.807) is 19.5 Å². The van der Waals surface area contributed by atoms with Gasteiger partial charge in [-0.25, -0.2) is 4.79 Å². The predicted molar refractivity (Wildman–Crippen MR) is 98.1 cm³/mol. The molecular formula is C19H24N4O2. The summed E-state index contributed by atoms with van der Waals surface area (Å²) in [6.45, 7) is 3.73. The van der Waals surface area contributed by atoms with Crippen molar-refractivity contribution in [2.75, 3.05) is 44.7 Å². The minimum absolute atomic E-state index is 0.00396. The highest BCUT2D eigenvalue weighted by molar-refractivity contribution is 5.74. The van der Waals surface area contributed by atoms with Crippen LogP contribution in [0.2, 0.25) is 0 Å². The first-order valence-electron chi connectivity index (χ1n) is 8.57. The smallest absolute Gasteiger partial charge is 0.317 e. The Morgan fingerprint density at radius 1 is 1.12 bits per heavy atom. The third kappa shape index (κ3) is 4.41. The fourth-order valence-corrected chi connectivity index (χ4v) is 3.05. The van der Waals surface area contributed by atoms with Gasteiger partial charge < -0.3 is 19.9 Å². The number of carbonyl (C=O) groups is 1. The Morgan fingerprint density at radius 2 is 1.84 bits per heavy atom. The molecule has 6 heteroatoms. The van der Waals surface area contributed by atoms with Gasteiger partial charge in [0.05, 0.1) is 7.11 Å². The number of hydrogen-bond acceptors (Lipinski definition) is 4. The number of nitrogens with zero attached hydrogens (tertiary/aromatic N) is 3. The van der Waals surface area contributed by atoms with E-state index >= 15 is 0 Å². The fraction of sp³-hybridized carbons (Fsp3) is 0.368. The van der Waals surface area contributed by atoms with E-state index in [-0.39, 0.29) is 6.03 Å². The molecule has 132 valence electrons. The molecule has 0 spiro atoms. The van der Waals surface area contributed by atoms with E-state index in [4.69, 9.17) is 4.74 Å². The van der Waals surface area contributed by atoms with Crippen LogP contribution in [0.5, 0.6) is 5.75 Å². The maximum Gasteiger partial charge on any atom is 0.317 e. The van der Waals surface area contributed by atoms with Crippen molar-refractivity contribution < 1.29 is 9.53 Å². The van der Waals surface area contributed by atoms with E-state index in [2.05, 4.69) is 15.2 Å². The lowest BCUT2D eigenvalue weighted by atomic mass is 10.1. The van der Waals surface area contributed by atoms with Gasteiger partial charge in [-0.2, -0.15) is 0 Å². The highest BCUT2D eigenvalue weighted by Gasteiger charge is 2.20. The molecule has 0 radical (unpaired) electrons. The van der Waals surface area contributed by atoms with Gasteiger partial charge in [-0.05, 0) is 30.2 Å². The zero-order valence-corrected chi connectivity index (χ0v) is 14.5. The van der Waals surface area contributed by atoms with E-state index in [1.165, 1.54) is 0 Å². The SMILES string of the molecule is COc1ccccc1CCNC(=O)N1CCN(c2ccncc2)CC1. The Balaban J connectivity index is 1.44. The number of carbonyl (C=O) groups excluding carboxylic acids is 1. The van der Waals surface area contributed by atoms with Crippen LogP contribution in [-0.2, 0) is 6.42 Å². The van der Waals surface area contributed by atoms with Gasteiger partial charge in [0, 0.05) is 50.8 Å². The summed E-state index contributed by atoms with van der Waals surface area (Å²) in [6.07, 6.45) is 4.35. The highest BCUT2D eigenvalue weighted by atomic mass is 16.5. The van der Waals surface area contributed by atoms with Gasteiger partial charge in [0.25, 0.3) is 0 Å². The van der Waals surface area contributed by atoms with Crippen molar-refractivity contribution in [2.45, 2.75) is 6.42 Å². The van der Waals surface area contributed by atoms with Gasteiger partial charge in [-0.1, -0.05) is 18.2 Å². The van der Waals surface area contributed by atoms with E-state index in [1.807, 2.05) is 41.3 Å². The van der Waals surface area contributed by atoms with Crippen molar-refractivity contribution in [3.63, 3.8) is 0 Å². The van der Waals surface area contributed by atoms with Crippen molar-refractivity contribution in [2.24, 2.45) is 0 Å². The molecule has 1 saturated heterocycles. The predicted octanol–water partition coefficient (Wildman–Crippen LogP) is 2.16. The van der Waals surface area contributed by atoms with Crippen molar-refractivity contribution in [3.05, 3.63) is 54.4 Å². The van der Waals surface area contributed by atoms with Crippen LogP contribution >= 0.6 is 0 Å². The standard InChI is InChI=1S/C19H24N4O2/c1-25-18-5-3-2-4-16(18)6-11-21-19(24)23-14-12-22(13-15-23)17-7-9-20-10-8-17/h2-5,7-10H,6,11-15H2,1H3,(H,21,24). The van der Waals surface area contributed by atoms with Gasteiger partial charge >= 0.3 is 6.03 Å². The molecule has 0 bridgehead atoms. The Labute approximate surface area is 148 Å². The van der Waals surface area contributed by atoms with Crippen LogP contribution < -0.4 is 15.0 Å². The number of pyridine rings is 1. The van der Waals surface area contributed by atoms with Crippen molar-refractivity contribution in [1.29, 1.82) is 0 Å². The van der Waals surface area contributed by atoms with Crippen molar-refractivity contribution >= 4 is 11.7 Å². The molecule has 1 aliphatic heterocycles. The number of ether oxygens (including phenoxy) is 1. The maximum absolute atomic E-state index is 12.3. The van der Waals surface area contributed by atoms with Crippen LogP contribution in [-0.4, -0.2) is 55.7 Å². The van der Waals surface area contributed by atoms with Gasteiger partial charge in [0.2, 0.25) is 0 Å². The molecule has 0 aliphatic carbocycles. The minimum atomic E-state index is 0.00396. The number of piperazine rings is 1. The van der Waals surface area contributed by atoms with Gasteiger partial charge in [-0.3, -0.25) is 4.98 Å². The third-order valence-corrected chi connectivity index (χ3v) is 4.46. The first-order valence-corrected chi connectivity index (χ1v) is 8.57. The largest absolute Gasteiger partial charge is 0.496 e. The molecule has 0 saturated carbocycles. The number of aromatic nitrogens is 1. The molecule has 25 heavy (non-hydrogen) atoms. The Morgan fingerprint density at radius 3 is 2.56 bits per heavy atom. The number of benzene rings is 1. The summed E-state index contributed by atoms with van der Waals surface area (Å²) in [5.41, 5.74) is 2.26. The number of rotatable bonds is 5. The molecule has 0 atom stereocenters. The van der Waals surface area contributed by atoms with Gasteiger partial charge in [-0.15, -0.1) is 0 Å². The van der Waals surface area contributed by atoms with Crippen LogP contribution in [0.4, 0.5) is 10.5 Å².